The monoisotopic (exact) mass is 376 g/mol. The van der Waals surface area contributed by atoms with Crippen molar-refractivity contribution in [2.45, 2.75) is 6.04 Å². The smallest absolute Gasteiger partial charge is 0.124 e. The van der Waals surface area contributed by atoms with E-state index in [0.29, 0.717) is 5.02 Å². The molecular formula is C20H25ClN2O3. The Kier molecular flexibility index (Phi) is 6.25. The molecule has 140 valence electrons. The van der Waals surface area contributed by atoms with Gasteiger partial charge in [0.15, 0.2) is 0 Å². The lowest BCUT2D eigenvalue weighted by molar-refractivity contribution is 0.192. The van der Waals surface area contributed by atoms with E-state index in [9.17, 15) is 0 Å². The Morgan fingerprint density at radius 1 is 0.885 bits per heavy atom. The van der Waals surface area contributed by atoms with E-state index < -0.39 is 0 Å². The Labute approximate surface area is 159 Å². The van der Waals surface area contributed by atoms with Crippen LogP contribution in [0.4, 0.5) is 0 Å². The molecule has 5 nitrogen and oxygen atoms in total. The van der Waals surface area contributed by atoms with Crippen molar-refractivity contribution in [3.63, 3.8) is 0 Å². The van der Waals surface area contributed by atoms with Crippen LogP contribution in [-0.4, -0.2) is 52.4 Å². The van der Waals surface area contributed by atoms with Crippen molar-refractivity contribution in [1.29, 1.82) is 0 Å². The number of ether oxygens (including phenoxy) is 3. The molecule has 0 spiro atoms. The molecule has 1 aliphatic rings. The molecule has 0 amide bonds. The van der Waals surface area contributed by atoms with Gasteiger partial charge in [-0.15, -0.1) is 0 Å². The first-order chi connectivity index (χ1) is 12.7. The Bertz CT molecular complexity index is 748. The molecule has 0 bridgehead atoms. The number of hydrogen-bond donors (Lipinski definition) is 1. The summed E-state index contributed by atoms with van der Waals surface area (Å²) in [6, 6.07) is 11.6. The van der Waals surface area contributed by atoms with Crippen LogP contribution in [0.3, 0.4) is 0 Å². The zero-order valence-electron chi connectivity index (χ0n) is 15.4. The molecule has 0 radical (unpaired) electrons. The molecular weight excluding hydrogens is 352 g/mol. The van der Waals surface area contributed by atoms with Gasteiger partial charge in [0.25, 0.3) is 0 Å². The fourth-order valence-corrected chi connectivity index (χ4v) is 3.65. The van der Waals surface area contributed by atoms with Crippen LogP contribution in [-0.2, 0) is 0 Å². The second kappa shape index (κ2) is 8.62. The van der Waals surface area contributed by atoms with Gasteiger partial charge in [-0.1, -0.05) is 11.6 Å². The summed E-state index contributed by atoms with van der Waals surface area (Å²) < 4.78 is 16.8. The number of halogens is 1. The van der Waals surface area contributed by atoms with Crippen LogP contribution in [0.25, 0.3) is 0 Å². The number of nitrogens with one attached hydrogen (secondary N) is 1. The first kappa shape index (κ1) is 18.8. The van der Waals surface area contributed by atoms with Crippen molar-refractivity contribution in [2.24, 2.45) is 0 Å². The highest BCUT2D eigenvalue weighted by Gasteiger charge is 2.29. The van der Waals surface area contributed by atoms with Crippen LogP contribution in [0.15, 0.2) is 36.4 Å². The zero-order chi connectivity index (χ0) is 18.5. The Hall–Kier alpha value is -1.95. The minimum Gasteiger partial charge on any atom is -0.497 e. The summed E-state index contributed by atoms with van der Waals surface area (Å²) in [5.41, 5.74) is 2.06. The summed E-state index contributed by atoms with van der Waals surface area (Å²) in [6.07, 6.45) is 0. The van der Waals surface area contributed by atoms with Crippen molar-refractivity contribution in [2.75, 3.05) is 47.5 Å². The molecule has 2 aromatic rings. The summed E-state index contributed by atoms with van der Waals surface area (Å²) in [4.78, 5) is 2.42. The third-order valence-electron chi connectivity index (χ3n) is 4.73. The zero-order valence-corrected chi connectivity index (χ0v) is 16.2. The van der Waals surface area contributed by atoms with Crippen molar-refractivity contribution < 1.29 is 14.2 Å². The van der Waals surface area contributed by atoms with Crippen molar-refractivity contribution in [3.05, 3.63) is 52.5 Å². The molecule has 0 saturated carbocycles. The second-order valence-corrected chi connectivity index (χ2v) is 6.62. The average Bonchev–Trinajstić information content (AvgIpc) is 2.69. The van der Waals surface area contributed by atoms with E-state index in [1.165, 1.54) is 0 Å². The summed E-state index contributed by atoms with van der Waals surface area (Å²) in [6.45, 7) is 3.71. The molecule has 0 aliphatic carbocycles. The van der Waals surface area contributed by atoms with Crippen molar-refractivity contribution in [3.8, 4) is 17.2 Å². The van der Waals surface area contributed by atoms with E-state index in [0.717, 1.165) is 54.6 Å². The Balaban J connectivity index is 2.17. The summed E-state index contributed by atoms with van der Waals surface area (Å²) >= 11 is 6.33. The Morgan fingerprint density at radius 2 is 1.50 bits per heavy atom. The number of nitrogens with zero attached hydrogens (tertiary/aromatic N) is 1. The molecule has 1 unspecified atom stereocenters. The van der Waals surface area contributed by atoms with Gasteiger partial charge in [0.05, 0.1) is 27.4 Å². The van der Waals surface area contributed by atoms with E-state index in [-0.39, 0.29) is 6.04 Å². The third kappa shape index (κ3) is 3.90. The summed E-state index contributed by atoms with van der Waals surface area (Å²) in [7, 11) is 5.05. The molecule has 3 rings (SSSR count). The highest BCUT2D eigenvalue weighted by Crippen LogP contribution is 2.41. The van der Waals surface area contributed by atoms with Crippen molar-refractivity contribution in [1.82, 2.24) is 10.2 Å². The van der Waals surface area contributed by atoms with Crippen LogP contribution in [0.5, 0.6) is 17.2 Å². The molecule has 0 aromatic heterocycles. The van der Waals surface area contributed by atoms with Gasteiger partial charge in [0.2, 0.25) is 0 Å². The van der Waals surface area contributed by atoms with Gasteiger partial charge in [-0.3, -0.25) is 4.90 Å². The van der Waals surface area contributed by atoms with Crippen LogP contribution in [0.1, 0.15) is 17.2 Å². The largest absolute Gasteiger partial charge is 0.497 e. The number of piperazine rings is 1. The first-order valence-corrected chi connectivity index (χ1v) is 9.06. The van der Waals surface area contributed by atoms with Gasteiger partial charge < -0.3 is 19.5 Å². The number of rotatable bonds is 6. The van der Waals surface area contributed by atoms with Gasteiger partial charge in [-0.05, 0) is 36.4 Å². The van der Waals surface area contributed by atoms with Crippen LogP contribution in [0.2, 0.25) is 5.02 Å². The molecule has 1 fully saturated rings. The van der Waals surface area contributed by atoms with Gasteiger partial charge in [-0.25, -0.2) is 0 Å². The molecule has 1 N–H and O–H groups in total. The standard InChI is InChI=1S/C20H25ClN2O3/c1-24-15-5-7-19(26-3)17(13-15)20(23-10-8-22-9-11-23)16-12-14(21)4-6-18(16)25-2/h4-7,12-13,20,22H,8-11H2,1-3H3. The second-order valence-electron chi connectivity index (χ2n) is 6.18. The van der Waals surface area contributed by atoms with Crippen LogP contribution >= 0.6 is 11.6 Å². The predicted octanol–water partition coefficient (Wildman–Crippen LogP) is 3.36. The maximum atomic E-state index is 6.33. The maximum Gasteiger partial charge on any atom is 0.124 e. The molecule has 26 heavy (non-hydrogen) atoms. The van der Waals surface area contributed by atoms with Gasteiger partial charge in [0.1, 0.15) is 17.2 Å². The van der Waals surface area contributed by atoms with Gasteiger partial charge in [0, 0.05) is 42.3 Å². The lowest BCUT2D eigenvalue weighted by Crippen LogP contribution is -2.45. The van der Waals surface area contributed by atoms with E-state index >= 15 is 0 Å². The minimum absolute atomic E-state index is 0.0456. The highest BCUT2D eigenvalue weighted by atomic mass is 35.5. The van der Waals surface area contributed by atoms with E-state index in [2.05, 4.69) is 10.2 Å². The lowest BCUT2D eigenvalue weighted by Gasteiger charge is -2.36. The van der Waals surface area contributed by atoms with Gasteiger partial charge in [-0.2, -0.15) is 0 Å². The SMILES string of the molecule is COc1ccc(OC)c(C(c2cc(Cl)ccc2OC)N2CCNCC2)c1. The number of methoxy groups -OCH3 is 3. The normalized spacial score (nSPS) is 16.2. The van der Waals surface area contributed by atoms with Crippen LogP contribution in [0, 0.1) is 0 Å². The predicted molar refractivity (Wildman–Crippen MR) is 104 cm³/mol. The third-order valence-corrected chi connectivity index (χ3v) is 4.97. The Morgan fingerprint density at radius 3 is 2.12 bits per heavy atom. The molecule has 1 aliphatic heterocycles. The average molecular weight is 377 g/mol. The summed E-state index contributed by atoms with van der Waals surface area (Å²) in [5.74, 6) is 2.42. The van der Waals surface area contributed by atoms with E-state index in [1.54, 1.807) is 21.3 Å². The number of hydrogen-bond acceptors (Lipinski definition) is 5. The maximum absolute atomic E-state index is 6.33. The van der Waals surface area contributed by atoms with E-state index in [4.69, 9.17) is 25.8 Å². The quantitative estimate of drug-likeness (QED) is 0.837. The lowest BCUT2D eigenvalue weighted by atomic mass is 9.94. The first-order valence-electron chi connectivity index (χ1n) is 8.68. The van der Waals surface area contributed by atoms with E-state index in [1.807, 2.05) is 36.4 Å². The van der Waals surface area contributed by atoms with Crippen molar-refractivity contribution >= 4 is 11.6 Å². The highest BCUT2D eigenvalue weighted by molar-refractivity contribution is 6.30. The molecule has 2 aromatic carbocycles. The minimum atomic E-state index is -0.0456. The van der Waals surface area contributed by atoms with Gasteiger partial charge >= 0.3 is 0 Å². The summed E-state index contributed by atoms with van der Waals surface area (Å²) in [5, 5.41) is 4.09. The number of benzene rings is 2. The fraction of sp³-hybridized carbons (Fsp3) is 0.400. The fourth-order valence-electron chi connectivity index (χ4n) is 3.47. The van der Waals surface area contributed by atoms with Crippen LogP contribution < -0.4 is 19.5 Å². The molecule has 1 heterocycles. The molecule has 1 saturated heterocycles. The molecule has 6 heteroatoms. The molecule has 1 atom stereocenters. The topological polar surface area (TPSA) is 43.0 Å².